The topological polar surface area (TPSA) is 77.0 Å². The molecule has 8 nitrogen and oxygen atoms in total. The van der Waals surface area contributed by atoms with Gasteiger partial charge in [0.15, 0.2) is 0 Å². The van der Waals surface area contributed by atoms with Crippen LogP contribution in [-0.2, 0) is 9.53 Å². The number of nitrogens with zero attached hydrogens (tertiary/aromatic N) is 4. The van der Waals surface area contributed by atoms with E-state index < -0.39 is 0 Å². The summed E-state index contributed by atoms with van der Waals surface area (Å²) in [6.07, 6.45) is 0.487. The maximum Gasteiger partial charge on any atom is 0.232 e. The van der Waals surface area contributed by atoms with E-state index in [0.717, 1.165) is 0 Å². The molecule has 2 aliphatic heterocycles. The van der Waals surface area contributed by atoms with Crippen molar-refractivity contribution in [1.82, 2.24) is 14.9 Å². The summed E-state index contributed by atoms with van der Waals surface area (Å²) in [5.74, 6) is 1.59. The molecule has 0 radical (unpaired) electrons. The zero-order valence-electron chi connectivity index (χ0n) is 13.7. The lowest BCUT2D eigenvalue weighted by molar-refractivity contribution is -0.126. The molecule has 0 bridgehead atoms. The first-order chi connectivity index (χ1) is 11.0. The summed E-state index contributed by atoms with van der Waals surface area (Å²) in [5, 5.41) is 0. The molecule has 0 aromatic carbocycles. The third-order valence-electron chi connectivity index (χ3n) is 4.33. The number of hydrogen-bond donors (Lipinski definition) is 0. The molecule has 8 heteroatoms. The van der Waals surface area contributed by atoms with Gasteiger partial charge in [0.25, 0.3) is 0 Å². The number of rotatable bonds is 3. The predicted molar refractivity (Wildman–Crippen MR) is 82.9 cm³/mol. The fraction of sp³-hybridized carbons (Fsp3) is 0.667. The van der Waals surface area contributed by atoms with E-state index in [4.69, 9.17) is 14.2 Å². The summed E-state index contributed by atoms with van der Waals surface area (Å²) in [5.41, 5.74) is -0.220. The molecular formula is C15H22N4O4. The van der Waals surface area contributed by atoms with Crippen molar-refractivity contribution >= 4 is 11.9 Å². The van der Waals surface area contributed by atoms with E-state index in [-0.39, 0.29) is 11.3 Å². The van der Waals surface area contributed by atoms with Gasteiger partial charge in [-0.1, -0.05) is 0 Å². The molecule has 1 spiro atoms. The molecule has 23 heavy (non-hydrogen) atoms. The average Bonchev–Trinajstić information content (AvgIpc) is 2.72. The molecule has 1 unspecified atom stereocenters. The van der Waals surface area contributed by atoms with Crippen LogP contribution in [0.5, 0.6) is 11.8 Å². The lowest BCUT2D eigenvalue weighted by Gasteiger charge is -2.30. The normalized spacial score (nSPS) is 24.9. The highest BCUT2D eigenvalue weighted by Crippen LogP contribution is 2.35. The lowest BCUT2D eigenvalue weighted by Crippen LogP contribution is -2.41. The van der Waals surface area contributed by atoms with Gasteiger partial charge in [-0.25, -0.2) is 0 Å². The zero-order valence-corrected chi connectivity index (χ0v) is 13.7. The Balaban J connectivity index is 1.88. The second-order valence-corrected chi connectivity index (χ2v) is 6.15. The summed E-state index contributed by atoms with van der Waals surface area (Å²) in [6, 6.07) is 1.64. The quantitative estimate of drug-likeness (QED) is 0.785. The number of hydrogen-bond acceptors (Lipinski definition) is 7. The fourth-order valence-corrected chi connectivity index (χ4v) is 3.21. The van der Waals surface area contributed by atoms with E-state index in [2.05, 4.69) is 9.97 Å². The van der Waals surface area contributed by atoms with Gasteiger partial charge in [0, 0.05) is 38.5 Å². The minimum absolute atomic E-state index is 0.152. The standard InChI is InChI=1S/C15H22N4O4/c1-18-8-15(7-13(18)20)9-19(4-5-23-10-15)14-16-11(21-2)6-12(17-14)22-3/h6H,4-5,7-10H2,1-3H3. The molecule has 126 valence electrons. The highest BCUT2D eigenvalue weighted by Gasteiger charge is 2.44. The van der Waals surface area contributed by atoms with Crippen LogP contribution in [0.4, 0.5) is 5.95 Å². The van der Waals surface area contributed by atoms with E-state index >= 15 is 0 Å². The Bertz CT molecular complexity index is 575. The number of anilines is 1. The van der Waals surface area contributed by atoms with Crippen LogP contribution in [0.25, 0.3) is 0 Å². The number of methoxy groups -OCH3 is 2. The van der Waals surface area contributed by atoms with Gasteiger partial charge in [-0.05, 0) is 0 Å². The van der Waals surface area contributed by atoms with Gasteiger partial charge in [0.2, 0.25) is 23.6 Å². The molecule has 3 rings (SSSR count). The Hall–Kier alpha value is -2.09. The zero-order chi connectivity index (χ0) is 16.4. The highest BCUT2D eigenvalue weighted by atomic mass is 16.5. The Morgan fingerprint density at radius 1 is 1.22 bits per heavy atom. The summed E-state index contributed by atoms with van der Waals surface area (Å²) in [6.45, 7) is 3.15. The number of carbonyl (C=O) groups excluding carboxylic acids is 1. The summed E-state index contributed by atoms with van der Waals surface area (Å²) < 4.78 is 16.2. The van der Waals surface area contributed by atoms with Crippen LogP contribution < -0.4 is 14.4 Å². The predicted octanol–water partition coefficient (Wildman–Crippen LogP) is 0.179. The summed E-state index contributed by atoms with van der Waals surface area (Å²) in [7, 11) is 4.95. The maximum absolute atomic E-state index is 12.0. The third-order valence-corrected chi connectivity index (χ3v) is 4.33. The summed E-state index contributed by atoms with van der Waals surface area (Å²) >= 11 is 0. The van der Waals surface area contributed by atoms with Gasteiger partial charge in [0.05, 0.1) is 33.5 Å². The van der Waals surface area contributed by atoms with Gasteiger partial charge in [-0.3, -0.25) is 4.79 Å². The first kappa shape index (κ1) is 15.8. The van der Waals surface area contributed by atoms with Crippen molar-refractivity contribution in [2.75, 3.05) is 59.0 Å². The maximum atomic E-state index is 12.0. The Labute approximate surface area is 135 Å². The molecule has 2 saturated heterocycles. The smallest absolute Gasteiger partial charge is 0.232 e. The van der Waals surface area contributed by atoms with Crippen LogP contribution in [-0.4, -0.2) is 74.9 Å². The molecule has 1 aromatic rings. The van der Waals surface area contributed by atoms with Crippen molar-refractivity contribution < 1.29 is 19.0 Å². The van der Waals surface area contributed by atoms with Crippen LogP contribution in [0.2, 0.25) is 0 Å². The van der Waals surface area contributed by atoms with E-state index in [9.17, 15) is 4.79 Å². The molecule has 3 heterocycles. The summed E-state index contributed by atoms with van der Waals surface area (Å²) in [4.78, 5) is 24.6. The third kappa shape index (κ3) is 3.17. The molecular weight excluding hydrogens is 300 g/mol. The average molecular weight is 322 g/mol. The van der Waals surface area contributed by atoms with Crippen molar-refractivity contribution in [2.24, 2.45) is 5.41 Å². The molecule has 1 aromatic heterocycles. The van der Waals surface area contributed by atoms with Crippen molar-refractivity contribution in [3.05, 3.63) is 6.07 Å². The molecule has 0 aliphatic carbocycles. The van der Waals surface area contributed by atoms with Gasteiger partial charge in [-0.2, -0.15) is 9.97 Å². The van der Waals surface area contributed by atoms with Crippen molar-refractivity contribution in [1.29, 1.82) is 0 Å². The number of aromatic nitrogens is 2. The Morgan fingerprint density at radius 2 is 1.91 bits per heavy atom. The van der Waals surface area contributed by atoms with E-state index in [0.29, 0.717) is 57.0 Å². The largest absolute Gasteiger partial charge is 0.481 e. The highest BCUT2D eigenvalue weighted by molar-refractivity contribution is 5.79. The van der Waals surface area contributed by atoms with Crippen LogP contribution in [0.3, 0.4) is 0 Å². The number of carbonyl (C=O) groups is 1. The van der Waals surface area contributed by atoms with Crippen LogP contribution in [0.15, 0.2) is 6.07 Å². The minimum atomic E-state index is -0.220. The van der Waals surface area contributed by atoms with Crippen LogP contribution >= 0.6 is 0 Å². The monoisotopic (exact) mass is 322 g/mol. The van der Waals surface area contributed by atoms with E-state index in [1.165, 1.54) is 0 Å². The van der Waals surface area contributed by atoms with Gasteiger partial charge >= 0.3 is 0 Å². The molecule has 2 fully saturated rings. The van der Waals surface area contributed by atoms with Gasteiger partial charge in [0.1, 0.15) is 0 Å². The van der Waals surface area contributed by atoms with Gasteiger partial charge < -0.3 is 24.0 Å². The van der Waals surface area contributed by atoms with Crippen molar-refractivity contribution in [3.8, 4) is 11.8 Å². The van der Waals surface area contributed by atoms with Crippen LogP contribution in [0.1, 0.15) is 6.42 Å². The molecule has 1 atom stereocenters. The molecule has 0 N–H and O–H groups in total. The number of likely N-dealkylation sites (tertiary alicyclic amines) is 1. The Morgan fingerprint density at radius 3 is 2.48 bits per heavy atom. The fourth-order valence-electron chi connectivity index (χ4n) is 3.21. The van der Waals surface area contributed by atoms with Gasteiger partial charge in [-0.15, -0.1) is 0 Å². The molecule has 2 aliphatic rings. The minimum Gasteiger partial charge on any atom is -0.481 e. The number of ether oxygens (including phenoxy) is 3. The first-order valence-electron chi connectivity index (χ1n) is 7.59. The molecule has 1 amide bonds. The Kier molecular flexibility index (Phi) is 4.25. The van der Waals surface area contributed by atoms with Crippen molar-refractivity contribution in [2.45, 2.75) is 6.42 Å². The SMILES string of the molecule is COc1cc(OC)nc(N2CCOCC3(CC(=O)N(C)C3)C2)n1. The van der Waals surface area contributed by atoms with E-state index in [1.54, 1.807) is 25.2 Å². The van der Waals surface area contributed by atoms with E-state index in [1.807, 2.05) is 11.9 Å². The van der Waals surface area contributed by atoms with Crippen LogP contribution in [0, 0.1) is 5.41 Å². The molecule has 0 saturated carbocycles. The lowest BCUT2D eigenvalue weighted by atomic mass is 9.87. The first-order valence-corrected chi connectivity index (χ1v) is 7.59. The van der Waals surface area contributed by atoms with Crippen molar-refractivity contribution in [3.63, 3.8) is 0 Å². The second kappa shape index (κ2) is 6.19. The number of amides is 1. The second-order valence-electron chi connectivity index (χ2n) is 6.15.